The lowest BCUT2D eigenvalue weighted by Gasteiger charge is -2.17. The lowest BCUT2D eigenvalue weighted by atomic mass is 9.87. The van der Waals surface area contributed by atoms with Crippen molar-refractivity contribution < 1.29 is 0 Å². The van der Waals surface area contributed by atoms with E-state index in [-0.39, 0.29) is 0 Å². The average molecular weight is 255 g/mol. The van der Waals surface area contributed by atoms with Crippen molar-refractivity contribution in [3.63, 3.8) is 0 Å². The molecule has 0 aliphatic heterocycles. The zero-order valence-corrected chi connectivity index (χ0v) is 11.2. The predicted molar refractivity (Wildman–Crippen MR) is 85.5 cm³/mol. The van der Waals surface area contributed by atoms with Gasteiger partial charge in [-0.15, -0.1) is 0 Å². The van der Waals surface area contributed by atoms with Gasteiger partial charge in [0.25, 0.3) is 0 Å². The summed E-state index contributed by atoms with van der Waals surface area (Å²) in [5.41, 5.74) is 5.39. The molecule has 0 aromatic heterocycles. The normalized spacial score (nSPS) is 13.9. The lowest BCUT2D eigenvalue weighted by Crippen LogP contribution is -2.00. The van der Waals surface area contributed by atoms with Crippen LogP contribution in [0.2, 0.25) is 0 Å². The van der Waals surface area contributed by atoms with E-state index < -0.39 is 0 Å². The Bertz CT molecular complexity index is 809. The second kappa shape index (κ2) is 4.64. The van der Waals surface area contributed by atoms with E-state index >= 15 is 0 Å². The van der Waals surface area contributed by atoms with Crippen LogP contribution in [0.3, 0.4) is 0 Å². The number of benzene rings is 3. The fourth-order valence-electron chi connectivity index (χ4n) is 2.88. The molecule has 0 heterocycles. The minimum absolute atomic E-state index is 1.02. The van der Waals surface area contributed by atoms with Crippen molar-refractivity contribution in [2.45, 2.75) is 6.42 Å². The zero-order valence-electron chi connectivity index (χ0n) is 11.2. The molecule has 0 saturated heterocycles. The first kappa shape index (κ1) is 11.5. The maximum absolute atomic E-state index is 2.33. The highest BCUT2D eigenvalue weighted by Gasteiger charge is 2.12. The van der Waals surface area contributed by atoms with Crippen LogP contribution in [0.5, 0.6) is 0 Å². The fraction of sp³-hybridized carbons (Fsp3) is 0.0500. The van der Waals surface area contributed by atoms with Crippen LogP contribution in [0, 0.1) is 6.42 Å². The van der Waals surface area contributed by atoms with Crippen molar-refractivity contribution in [2.75, 3.05) is 0 Å². The molecule has 0 atom stereocenters. The van der Waals surface area contributed by atoms with Crippen molar-refractivity contribution in [3.8, 4) is 0 Å². The molecule has 20 heavy (non-hydrogen) atoms. The van der Waals surface area contributed by atoms with E-state index in [1.807, 2.05) is 0 Å². The third-order valence-electron chi connectivity index (χ3n) is 3.99. The van der Waals surface area contributed by atoms with E-state index in [4.69, 9.17) is 0 Å². The summed E-state index contributed by atoms with van der Waals surface area (Å²) in [6, 6.07) is 23.9. The van der Waals surface area contributed by atoms with E-state index in [2.05, 4.69) is 79.2 Å². The topological polar surface area (TPSA) is 0 Å². The van der Waals surface area contributed by atoms with Crippen LogP contribution >= 0.6 is 0 Å². The predicted octanol–water partition coefficient (Wildman–Crippen LogP) is 5.03. The summed E-state index contributed by atoms with van der Waals surface area (Å²) in [5, 5.41) is 2.60. The highest BCUT2D eigenvalue weighted by molar-refractivity contribution is 5.88. The number of fused-ring (bicyclic) bond motifs is 2. The van der Waals surface area contributed by atoms with Gasteiger partial charge in [-0.3, -0.25) is 0 Å². The molecule has 3 aromatic carbocycles. The van der Waals surface area contributed by atoms with Gasteiger partial charge >= 0.3 is 0 Å². The molecule has 0 nitrogen and oxygen atoms in total. The summed E-state index contributed by atoms with van der Waals surface area (Å²) in [5.74, 6) is 0. The standard InChI is InChI=1S/C20H15/c1-3-7-17-13-19(11-9-15(17)5-1)20-12-10-16-6-2-4-8-18(16)14-20/h1-9,11-14H,10H2. The van der Waals surface area contributed by atoms with Crippen LogP contribution in [0.4, 0.5) is 0 Å². The number of allylic oxidation sites excluding steroid dienone is 2. The van der Waals surface area contributed by atoms with E-state index in [9.17, 15) is 0 Å². The van der Waals surface area contributed by atoms with Gasteiger partial charge in [-0.2, -0.15) is 0 Å². The molecule has 1 aliphatic carbocycles. The quantitative estimate of drug-likeness (QED) is 0.572. The maximum Gasteiger partial charge on any atom is 0.0205 e. The zero-order chi connectivity index (χ0) is 13.4. The molecule has 1 radical (unpaired) electrons. The summed E-state index contributed by atoms with van der Waals surface area (Å²) < 4.78 is 0. The minimum Gasteiger partial charge on any atom is -0.0756 e. The van der Waals surface area contributed by atoms with Gasteiger partial charge in [0.05, 0.1) is 0 Å². The summed E-state index contributed by atoms with van der Waals surface area (Å²) in [4.78, 5) is 0. The highest BCUT2D eigenvalue weighted by atomic mass is 14.2. The van der Waals surface area contributed by atoms with E-state index in [0.717, 1.165) is 6.42 Å². The minimum atomic E-state index is 1.02. The van der Waals surface area contributed by atoms with Gasteiger partial charge in [0.2, 0.25) is 0 Å². The Hall–Kier alpha value is -2.34. The number of hydrogen-bond donors (Lipinski definition) is 0. The first-order valence-corrected chi connectivity index (χ1v) is 7.02. The van der Waals surface area contributed by atoms with E-state index in [1.54, 1.807) is 0 Å². The van der Waals surface area contributed by atoms with Crippen LogP contribution < -0.4 is 0 Å². The third-order valence-corrected chi connectivity index (χ3v) is 3.99. The van der Waals surface area contributed by atoms with Gasteiger partial charge in [0, 0.05) is 6.42 Å². The molecule has 0 fully saturated rings. The molecule has 0 amide bonds. The van der Waals surface area contributed by atoms with Crippen LogP contribution in [0.15, 0.2) is 72.8 Å². The molecule has 0 N–H and O–H groups in total. The van der Waals surface area contributed by atoms with Crippen molar-refractivity contribution in [3.05, 3.63) is 95.9 Å². The Balaban J connectivity index is 1.75. The van der Waals surface area contributed by atoms with Gasteiger partial charge in [-0.05, 0) is 45.5 Å². The van der Waals surface area contributed by atoms with Crippen molar-refractivity contribution in [1.82, 2.24) is 0 Å². The summed E-state index contributed by atoms with van der Waals surface area (Å²) in [7, 11) is 0. The number of hydrogen-bond acceptors (Lipinski definition) is 0. The molecule has 0 bridgehead atoms. The summed E-state index contributed by atoms with van der Waals surface area (Å²) in [6.45, 7) is 0. The van der Waals surface area contributed by atoms with Crippen LogP contribution in [-0.4, -0.2) is 0 Å². The second-order valence-corrected chi connectivity index (χ2v) is 5.27. The van der Waals surface area contributed by atoms with Crippen LogP contribution in [0.25, 0.3) is 16.3 Å². The second-order valence-electron chi connectivity index (χ2n) is 5.27. The summed E-state index contributed by atoms with van der Waals surface area (Å²) >= 11 is 0. The number of rotatable bonds is 1. The molecule has 95 valence electrons. The highest BCUT2D eigenvalue weighted by Crippen LogP contribution is 2.30. The van der Waals surface area contributed by atoms with E-state index in [1.165, 1.54) is 33.0 Å². The maximum atomic E-state index is 2.33. The Morgan fingerprint density at radius 1 is 0.700 bits per heavy atom. The molecule has 4 rings (SSSR count). The van der Waals surface area contributed by atoms with Crippen molar-refractivity contribution in [2.24, 2.45) is 0 Å². The van der Waals surface area contributed by atoms with Crippen LogP contribution in [0.1, 0.15) is 16.7 Å². The Morgan fingerprint density at radius 3 is 2.45 bits per heavy atom. The van der Waals surface area contributed by atoms with Crippen LogP contribution in [-0.2, 0) is 6.42 Å². The molecule has 0 heteroatoms. The molecule has 3 aromatic rings. The molecule has 0 spiro atoms. The molecular weight excluding hydrogens is 240 g/mol. The fourth-order valence-corrected chi connectivity index (χ4v) is 2.88. The smallest absolute Gasteiger partial charge is 0.0205 e. The summed E-state index contributed by atoms with van der Waals surface area (Å²) in [6.07, 6.45) is 5.64. The molecule has 1 aliphatic rings. The van der Waals surface area contributed by atoms with Gasteiger partial charge in [-0.25, -0.2) is 0 Å². The largest absolute Gasteiger partial charge is 0.0756 e. The lowest BCUT2D eigenvalue weighted by molar-refractivity contribution is 1.20. The Labute approximate surface area is 119 Å². The van der Waals surface area contributed by atoms with Gasteiger partial charge in [0.15, 0.2) is 0 Å². The first-order valence-electron chi connectivity index (χ1n) is 7.02. The van der Waals surface area contributed by atoms with Gasteiger partial charge < -0.3 is 0 Å². The molecule has 0 unspecified atom stereocenters. The van der Waals surface area contributed by atoms with Crippen molar-refractivity contribution in [1.29, 1.82) is 0 Å². The molecule has 0 saturated carbocycles. The van der Waals surface area contributed by atoms with Gasteiger partial charge in [-0.1, -0.05) is 66.7 Å². The molecular formula is C20H15. The van der Waals surface area contributed by atoms with E-state index in [0.29, 0.717) is 0 Å². The Morgan fingerprint density at radius 2 is 1.50 bits per heavy atom. The SMILES string of the molecule is [CH]1C(c2ccc3ccccc3c2)=CCc2ccccc21. The van der Waals surface area contributed by atoms with Gasteiger partial charge in [0.1, 0.15) is 0 Å². The van der Waals surface area contributed by atoms with Crippen molar-refractivity contribution >= 4 is 16.3 Å². The first-order chi connectivity index (χ1) is 9.90. The third kappa shape index (κ3) is 1.94. The monoisotopic (exact) mass is 255 g/mol. The Kier molecular flexibility index (Phi) is 2.67. The average Bonchev–Trinajstić information content (AvgIpc) is 2.54.